The number of hydrogen-bond donors (Lipinski definition) is 1. The molecule has 58 heavy (non-hydrogen) atoms. The third kappa shape index (κ3) is 7.17. The van der Waals surface area contributed by atoms with E-state index in [2.05, 4.69) is 41.9 Å². The van der Waals surface area contributed by atoms with Gasteiger partial charge in [-0.15, -0.1) is 0 Å². The molecule has 0 saturated carbocycles. The number of hydrogen-bond acceptors (Lipinski definition) is 9. The van der Waals surface area contributed by atoms with E-state index >= 15 is 0 Å². The molecule has 6 heterocycles. The number of anilines is 3. The maximum Gasteiger partial charge on any atom is 0.262 e. The lowest BCUT2D eigenvalue weighted by atomic mass is 9.77. The van der Waals surface area contributed by atoms with Crippen LogP contribution < -0.4 is 20.0 Å². The van der Waals surface area contributed by atoms with Crippen molar-refractivity contribution in [3.05, 3.63) is 93.8 Å². The van der Waals surface area contributed by atoms with E-state index in [0.717, 1.165) is 112 Å². The topological polar surface area (TPSA) is 121 Å². The molecule has 5 amide bonds. The summed E-state index contributed by atoms with van der Waals surface area (Å²) in [5.41, 5.74) is 5.15. The number of carbonyl (C=O) groups excluding carboxylic acids is 5. The lowest BCUT2D eigenvalue weighted by Gasteiger charge is -2.40. The van der Waals surface area contributed by atoms with Crippen molar-refractivity contribution >= 4 is 63.9 Å². The van der Waals surface area contributed by atoms with Crippen molar-refractivity contribution in [1.82, 2.24) is 20.0 Å². The number of nitrogens with zero attached hydrogens (tertiary/aromatic N) is 7. The number of nitrogens with one attached hydrogen (secondary N) is 1. The van der Waals surface area contributed by atoms with Gasteiger partial charge in [-0.1, -0.05) is 23.7 Å². The van der Waals surface area contributed by atoms with E-state index in [-0.39, 0.29) is 24.2 Å². The maximum absolute atomic E-state index is 13.8. The molecule has 6 aliphatic heterocycles. The molecule has 0 radical (unpaired) electrons. The highest BCUT2D eigenvalue weighted by molar-refractivity contribution is 6.33. The summed E-state index contributed by atoms with van der Waals surface area (Å²) in [5, 5.41) is 2.75. The smallest absolute Gasteiger partial charge is 0.262 e. The standard InChI is InChI=1S/C44H47ClN8O5/c1-46-37-8-6-33(25-36(37)45)49-16-12-44(13-17-49)14-18-52(28-44)31-4-2-3-30(23-31)41(56)50-21-19-48(20-22-50)26-29-11-15-51(27-29)32-5-7-34-35(24-32)43(58)53(42(34)57)38-9-10-39(54)47-40(38)55/h2-8,23-25,29,38H,9-22,26-28H2,(H,47,54,55)/t29-,38?/m0/s1. The number of amides is 5. The quantitative estimate of drug-likeness (QED) is 0.258. The lowest BCUT2D eigenvalue weighted by Crippen LogP contribution is -2.54. The fourth-order valence-electron chi connectivity index (χ4n) is 9.97. The molecule has 2 atom stereocenters. The summed E-state index contributed by atoms with van der Waals surface area (Å²) in [7, 11) is 0. The van der Waals surface area contributed by atoms with Gasteiger partial charge in [-0.3, -0.25) is 39.1 Å². The van der Waals surface area contributed by atoms with Crippen LogP contribution in [0.2, 0.25) is 5.02 Å². The van der Waals surface area contributed by atoms with E-state index in [4.69, 9.17) is 18.2 Å². The van der Waals surface area contributed by atoms with Crippen LogP contribution in [-0.2, 0) is 9.59 Å². The zero-order valence-corrected chi connectivity index (χ0v) is 33.3. The molecule has 3 aromatic rings. The summed E-state index contributed by atoms with van der Waals surface area (Å²) in [6, 6.07) is 18.2. The summed E-state index contributed by atoms with van der Waals surface area (Å²) in [4.78, 5) is 80.4. The van der Waals surface area contributed by atoms with Crippen molar-refractivity contribution in [2.24, 2.45) is 11.3 Å². The largest absolute Gasteiger partial charge is 0.372 e. The van der Waals surface area contributed by atoms with Gasteiger partial charge in [-0.2, -0.15) is 0 Å². The second-order valence-electron chi connectivity index (χ2n) is 16.8. The molecule has 6 aliphatic rings. The molecule has 0 bridgehead atoms. The minimum Gasteiger partial charge on any atom is -0.372 e. The van der Waals surface area contributed by atoms with Crippen molar-refractivity contribution in [3.63, 3.8) is 0 Å². The first-order valence-corrected chi connectivity index (χ1v) is 20.8. The minimum atomic E-state index is -0.978. The van der Waals surface area contributed by atoms with E-state index in [1.165, 1.54) is 0 Å². The van der Waals surface area contributed by atoms with Gasteiger partial charge in [0.2, 0.25) is 17.5 Å². The summed E-state index contributed by atoms with van der Waals surface area (Å²) < 4.78 is 0. The number of benzene rings is 3. The predicted molar refractivity (Wildman–Crippen MR) is 221 cm³/mol. The first-order valence-electron chi connectivity index (χ1n) is 20.5. The molecule has 5 fully saturated rings. The van der Waals surface area contributed by atoms with Gasteiger partial charge in [0.05, 0.1) is 17.7 Å². The van der Waals surface area contributed by atoms with Crippen LogP contribution in [0.1, 0.15) is 69.6 Å². The van der Waals surface area contributed by atoms with Crippen molar-refractivity contribution in [2.75, 3.05) is 86.7 Å². The molecular formula is C44H47ClN8O5. The highest BCUT2D eigenvalue weighted by Crippen LogP contribution is 2.43. The maximum atomic E-state index is 13.8. The monoisotopic (exact) mass is 802 g/mol. The number of piperidine rings is 2. The number of piperazine rings is 1. The van der Waals surface area contributed by atoms with Gasteiger partial charge >= 0.3 is 0 Å². The van der Waals surface area contributed by atoms with Crippen molar-refractivity contribution < 1.29 is 24.0 Å². The molecule has 14 heteroatoms. The fraction of sp³-hybridized carbons (Fsp3) is 0.455. The molecule has 5 saturated heterocycles. The van der Waals surface area contributed by atoms with Crippen molar-refractivity contribution in [1.29, 1.82) is 0 Å². The van der Waals surface area contributed by atoms with Crippen LogP contribution in [0.3, 0.4) is 0 Å². The number of fused-ring (bicyclic) bond motifs is 1. The van der Waals surface area contributed by atoms with Gasteiger partial charge in [-0.05, 0) is 92.0 Å². The van der Waals surface area contributed by atoms with E-state index in [1.807, 2.05) is 41.3 Å². The molecule has 9 rings (SSSR count). The zero-order chi connectivity index (χ0) is 40.1. The van der Waals surface area contributed by atoms with E-state index in [1.54, 1.807) is 12.1 Å². The normalized spacial score (nSPS) is 23.5. The average molecular weight is 803 g/mol. The second kappa shape index (κ2) is 15.4. The zero-order valence-electron chi connectivity index (χ0n) is 32.5. The third-order valence-corrected chi connectivity index (χ3v) is 13.7. The first kappa shape index (κ1) is 38.1. The summed E-state index contributed by atoms with van der Waals surface area (Å²) in [6.45, 7) is 16.7. The molecule has 1 N–H and O–H groups in total. The van der Waals surface area contributed by atoms with Gasteiger partial charge in [0.15, 0.2) is 0 Å². The van der Waals surface area contributed by atoms with Gasteiger partial charge < -0.3 is 19.6 Å². The molecule has 13 nitrogen and oxygen atoms in total. The summed E-state index contributed by atoms with van der Waals surface area (Å²) >= 11 is 6.34. The lowest BCUT2D eigenvalue weighted by molar-refractivity contribution is -0.136. The Balaban J connectivity index is 0.749. The highest BCUT2D eigenvalue weighted by atomic mass is 35.5. The highest BCUT2D eigenvalue weighted by Gasteiger charge is 2.45. The van der Waals surface area contributed by atoms with Gasteiger partial charge in [0.1, 0.15) is 6.04 Å². The molecule has 300 valence electrons. The molecule has 3 aromatic carbocycles. The second-order valence-corrected chi connectivity index (χ2v) is 17.2. The Bertz CT molecular complexity index is 2220. The number of carbonyl (C=O) groups is 5. The Kier molecular flexibility index (Phi) is 10.1. The molecule has 0 aliphatic carbocycles. The van der Waals surface area contributed by atoms with E-state index in [0.29, 0.717) is 40.8 Å². The minimum absolute atomic E-state index is 0.0828. The SMILES string of the molecule is [C-]#[N+]c1ccc(N2CCC3(CC2)CCN(c2cccc(C(=O)N4CCN(C[C@@H]5CCN(c6ccc7c(c6)C(=O)N(C6CCC(=O)NC6=O)C7=O)C5)CC4)c2)C3)cc1Cl. The van der Waals surface area contributed by atoms with Crippen molar-refractivity contribution in [2.45, 2.75) is 44.6 Å². The van der Waals surface area contributed by atoms with Gasteiger partial charge in [-0.25, -0.2) is 4.85 Å². The first-order chi connectivity index (χ1) is 28.1. The fourth-order valence-corrected chi connectivity index (χ4v) is 10.2. The van der Waals surface area contributed by atoms with Crippen LogP contribution in [0.15, 0.2) is 60.7 Å². The van der Waals surface area contributed by atoms with Gasteiger partial charge in [0, 0.05) is 106 Å². The summed E-state index contributed by atoms with van der Waals surface area (Å²) in [5.74, 6) is -1.48. The molecular weight excluding hydrogens is 756 g/mol. The Morgan fingerprint density at radius 2 is 1.48 bits per heavy atom. The van der Waals surface area contributed by atoms with E-state index < -0.39 is 29.7 Å². The number of rotatable bonds is 7. The molecule has 1 unspecified atom stereocenters. The third-order valence-electron chi connectivity index (χ3n) is 13.4. The Morgan fingerprint density at radius 3 is 2.22 bits per heavy atom. The van der Waals surface area contributed by atoms with Gasteiger partial charge in [0.25, 0.3) is 17.7 Å². The van der Waals surface area contributed by atoms with Crippen LogP contribution in [0, 0.1) is 17.9 Å². The molecule has 1 spiro atoms. The van der Waals surface area contributed by atoms with Crippen LogP contribution in [-0.4, -0.2) is 122 Å². The number of halogens is 1. The molecule has 0 aromatic heterocycles. The Labute approximate surface area is 343 Å². The predicted octanol–water partition coefficient (Wildman–Crippen LogP) is 5.07. The van der Waals surface area contributed by atoms with Crippen LogP contribution in [0.4, 0.5) is 22.7 Å². The Morgan fingerprint density at radius 1 is 0.776 bits per heavy atom. The average Bonchev–Trinajstić information content (AvgIpc) is 3.95. The van der Waals surface area contributed by atoms with E-state index in [9.17, 15) is 24.0 Å². The van der Waals surface area contributed by atoms with Crippen LogP contribution >= 0.6 is 11.6 Å². The Hall–Kier alpha value is -5.45. The summed E-state index contributed by atoms with van der Waals surface area (Å²) in [6.07, 6.45) is 4.55. The van der Waals surface area contributed by atoms with Crippen molar-refractivity contribution in [3.8, 4) is 0 Å². The van der Waals surface area contributed by atoms with Crippen LogP contribution in [0.25, 0.3) is 4.85 Å². The van der Waals surface area contributed by atoms with Crippen LogP contribution in [0.5, 0.6) is 0 Å². The number of imide groups is 2.